The molecule has 0 radical (unpaired) electrons. The first-order chi connectivity index (χ1) is 11.2. The molecule has 0 spiro atoms. The van der Waals surface area contributed by atoms with E-state index in [9.17, 15) is 4.79 Å². The summed E-state index contributed by atoms with van der Waals surface area (Å²) in [4.78, 5) is 20.9. The molecule has 0 bridgehead atoms. The van der Waals surface area contributed by atoms with Crippen LogP contribution in [0.5, 0.6) is 0 Å². The normalized spacial score (nSPS) is 15.2. The second kappa shape index (κ2) is 11.4. The highest BCUT2D eigenvalue weighted by atomic mass is 35.5. The number of rotatable bonds is 4. The Morgan fingerprint density at radius 1 is 1.27 bits per heavy atom. The molecule has 2 aromatic heterocycles. The van der Waals surface area contributed by atoms with Gasteiger partial charge < -0.3 is 15.1 Å². The average molecular weight is 424 g/mol. The van der Waals surface area contributed by atoms with Gasteiger partial charge in [-0.1, -0.05) is 6.07 Å². The Kier molecular flexibility index (Phi) is 10.8. The number of hydrogen-bond donors (Lipinski definition) is 1. The predicted molar refractivity (Wildman–Crippen MR) is 108 cm³/mol. The summed E-state index contributed by atoms with van der Waals surface area (Å²) < 4.78 is 5.25. The van der Waals surface area contributed by atoms with Crippen LogP contribution in [0, 0.1) is 0 Å². The highest BCUT2D eigenvalue weighted by Crippen LogP contribution is 2.21. The van der Waals surface area contributed by atoms with Gasteiger partial charge in [-0.15, -0.1) is 37.2 Å². The van der Waals surface area contributed by atoms with Crippen molar-refractivity contribution in [1.82, 2.24) is 14.8 Å². The zero-order valence-electron chi connectivity index (χ0n) is 14.5. The van der Waals surface area contributed by atoms with Crippen molar-refractivity contribution in [2.45, 2.75) is 19.5 Å². The van der Waals surface area contributed by atoms with Gasteiger partial charge in [0.2, 0.25) is 0 Å². The molecule has 2 aromatic rings. The number of pyridine rings is 1. The number of hydrogen-bond acceptors (Lipinski definition) is 5. The highest BCUT2D eigenvalue weighted by molar-refractivity contribution is 5.94. The number of carbonyl (C=O) groups is 1. The third-order valence-electron chi connectivity index (χ3n) is 4.42. The standard InChI is InChI=1S/C17H22N4O2.3ClH/c1-13(14-3-2-4-19-11-14)20-5-7-21(8-6-20)17(22)15-9-16(10-18)23-12-15;;;/h2-4,9,11-13H,5-8,10,18H2,1H3;3*1H. The largest absolute Gasteiger partial charge is 0.467 e. The summed E-state index contributed by atoms with van der Waals surface area (Å²) in [5.74, 6) is 0.652. The fourth-order valence-corrected chi connectivity index (χ4v) is 2.93. The minimum Gasteiger partial charge on any atom is -0.467 e. The van der Waals surface area contributed by atoms with Crippen LogP contribution in [-0.4, -0.2) is 46.9 Å². The molecule has 0 aliphatic carbocycles. The van der Waals surface area contributed by atoms with E-state index in [2.05, 4.69) is 22.9 Å². The highest BCUT2D eigenvalue weighted by Gasteiger charge is 2.26. The van der Waals surface area contributed by atoms with Gasteiger partial charge in [-0.3, -0.25) is 14.7 Å². The fourth-order valence-electron chi connectivity index (χ4n) is 2.93. The van der Waals surface area contributed by atoms with Crippen LogP contribution < -0.4 is 5.73 Å². The van der Waals surface area contributed by atoms with Gasteiger partial charge in [-0.25, -0.2) is 0 Å². The Bertz CT molecular complexity index is 661. The minimum absolute atomic E-state index is 0. The van der Waals surface area contributed by atoms with E-state index >= 15 is 0 Å². The molecule has 6 nitrogen and oxygen atoms in total. The van der Waals surface area contributed by atoms with Crippen molar-refractivity contribution in [3.8, 4) is 0 Å². The lowest BCUT2D eigenvalue weighted by atomic mass is 10.1. The third-order valence-corrected chi connectivity index (χ3v) is 4.42. The minimum atomic E-state index is 0. The van der Waals surface area contributed by atoms with Gasteiger partial charge in [0.1, 0.15) is 12.0 Å². The van der Waals surface area contributed by atoms with Crippen LogP contribution in [0.15, 0.2) is 41.3 Å². The van der Waals surface area contributed by atoms with E-state index in [0.717, 1.165) is 13.1 Å². The molecule has 9 heteroatoms. The molecular formula is C17H25Cl3N4O2. The van der Waals surface area contributed by atoms with E-state index in [-0.39, 0.29) is 43.1 Å². The maximum absolute atomic E-state index is 12.5. The number of furan rings is 1. The molecule has 146 valence electrons. The first kappa shape index (κ1) is 24.7. The van der Waals surface area contributed by atoms with Gasteiger partial charge in [0.05, 0.1) is 12.1 Å². The number of amides is 1. The van der Waals surface area contributed by atoms with Gasteiger partial charge >= 0.3 is 0 Å². The number of piperazine rings is 1. The smallest absolute Gasteiger partial charge is 0.257 e. The van der Waals surface area contributed by atoms with Gasteiger partial charge in [-0.2, -0.15) is 0 Å². The molecule has 2 N–H and O–H groups in total. The average Bonchev–Trinajstić information content (AvgIpc) is 3.10. The number of aromatic nitrogens is 1. The maximum Gasteiger partial charge on any atom is 0.257 e. The summed E-state index contributed by atoms with van der Waals surface area (Å²) in [6, 6.07) is 6.08. The Hall–Kier alpha value is -1.31. The Labute approximate surface area is 172 Å². The summed E-state index contributed by atoms with van der Waals surface area (Å²) in [6.45, 7) is 5.62. The van der Waals surface area contributed by atoms with E-state index in [4.69, 9.17) is 10.2 Å². The molecule has 26 heavy (non-hydrogen) atoms. The Balaban J connectivity index is 0.00000208. The SMILES string of the molecule is CC(c1cccnc1)N1CCN(C(=O)c2coc(CN)c2)CC1.Cl.Cl.Cl. The molecule has 1 amide bonds. The molecule has 1 unspecified atom stereocenters. The summed E-state index contributed by atoms with van der Waals surface area (Å²) in [5.41, 5.74) is 7.30. The van der Waals surface area contributed by atoms with Crippen molar-refractivity contribution in [2.24, 2.45) is 5.73 Å². The monoisotopic (exact) mass is 422 g/mol. The van der Waals surface area contributed by atoms with Crippen LogP contribution in [0.3, 0.4) is 0 Å². The lowest BCUT2D eigenvalue weighted by Gasteiger charge is -2.38. The van der Waals surface area contributed by atoms with Gasteiger partial charge in [0.25, 0.3) is 5.91 Å². The van der Waals surface area contributed by atoms with Crippen molar-refractivity contribution in [3.63, 3.8) is 0 Å². The Morgan fingerprint density at radius 2 is 1.96 bits per heavy atom. The van der Waals surface area contributed by atoms with Crippen LogP contribution >= 0.6 is 37.2 Å². The second-order valence-electron chi connectivity index (χ2n) is 5.80. The van der Waals surface area contributed by atoms with Crippen LogP contribution in [0.25, 0.3) is 0 Å². The van der Waals surface area contributed by atoms with Crippen LogP contribution in [0.1, 0.15) is 34.6 Å². The second-order valence-corrected chi connectivity index (χ2v) is 5.80. The summed E-state index contributed by atoms with van der Waals surface area (Å²) in [5, 5.41) is 0. The Morgan fingerprint density at radius 3 is 2.50 bits per heavy atom. The van der Waals surface area contributed by atoms with Crippen LogP contribution in [-0.2, 0) is 6.54 Å². The molecule has 3 rings (SSSR count). The zero-order chi connectivity index (χ0) is 16.2. The van der Waals surface area contributed by atoms with Crippen molar-refractivity contribution in [1.29, 1.82) is 0 Å². The van der Waals surface area contributed by atoms with Gasteiger partial charge in [-0.05, 0) is 24.6 Å². The predicted octanol–water partition coefficient (Wildman–Crippen LogP) is 2.92. The van der Waals surface area contributed by atoms with Crippen LogP contribution in [0.4, 0.5) is 0 Å². The van der Waals surface area contributed by atoms with E-state index in [1.165, 1.54) is 11.8 Å². The number of nitrogens with two attached hydrogens (primary N) is 1. The van der Waals surface area contributed by atoms with Crippen molar-refractivity contribution < 1.29 is 9.21 Å². The zero-order valence-corrected chi connectivity index (χ0v) is 17.0. The summed E-state index contributed by atoms with van der Waals surface area (Å²) >= 11 is 0. The molecule has 1 fully saturated rings. The topological polar surface area (TPSA) is 75.6 Å². The lowest BCUT2D eigenvalue weighted by molar-refractivity contribution is 0.0581. The quantitative estimate of drug-likeness (QED) is 0.818. The number of nitrogens with zero attached hydrogens (tertiary/aromatic N) is 3. The van der Waals surface area contributed by atoms with Gasteiger partial charge in [0, 0.05) is 44.6 Å². The molecular weight excluding hydrogens is 399 g/mol. The molecule has 1 atom stereocenters. The maximum atomic E-state index is 12.5. The van der Waals surface area contributed by atoms with E-state index in [0.29, 0.717) is 37.0 Å². The molecule has 0 saturated carbocycles. The number of halogens is 3. The molecule has 3 heterocycles. The van der Waals surface area contributed by atoms with Crippen molar-refractivity contribution >= 4 is 43.1 Å². The van der Waals surface area contributed by atoms with E-state index < -0.39 is 0 Å². The molecule has 1 saturated heterocycles. The molecule has 1 aliphatic heterocycles. The third kappa shape index (κ3) is 5.59. The summed E-state index contributed by atoms with van der Waals surface area (Å²) in [6.07, 6.45) is 5.19. The lowest BCUT2D eigenvalue weighted by Crippen LogP contribution is -2.49. The van der Waals surface area contributed by atoms with Crippen LogP contribution in [0.2, 0.25) is 0 Å². The van der Waals surface area contributed by atoms with Crippen molar-refractivity contribution in [2.75, 3.05) is 26.2 Å². The molecule has 1 aliphatic rings. The molecule has 0 aromatic carbocycles. The summed E-state index contributed by atoms with van der Waals surface area (Å²) in [7, 11) is 0. The fraction of sp³-hybridized carbons (Fsp3) is 0.412. The number of carbonyl (C=O) groups excluding carboxylic acids is 1. The first-order valence-electron chi connectivity index (χ1n) is 7.89. The first-order valence-corrected chi connectivity index (χ1v) is 7.89. The van der Waals surface area contributed by atoms with E-state index in [1.54, 1.807) is 12.3 Å². The van der Waals surface area contributed by atoms with Crippen molar-refractivity contribution in [3.05, 3.63) is 53.7 Å². The van der Waals surface area contributed by atoms with Gasteiger partial charge in [0.15, 0.2) is 0 Å². The van der Waals surface area contributed by atoms with E-state index in [1.807, 2.05) is 17.2 Å².